The first-order chi connectivity index (χ1) is 9.99. The van der Waals surface area contributed by atoms with Gasteiger partial charge in [-0.2, -0.15) is 0 Å². The van der Waals surface area contributed by atoms with Crippen molar-refractivity contribution in [3.63, 3.8) is 0 Å². The Kier molecular flexibility index (Phi) is 5.56. The molecule has 1 N–H and O–H groups in total. The van der Waals surface area contributed by atoms with E-state index in [2.05, 4.69) is 16.7 Å². The summed E-state index contributed by atoms with van der Waals surface area (Å²) in [6.07, 6.45) is -0.297. The Bertz CT molecular complexity index is 468. The van der Waals surface area contributed by atoms with Crippen LogP contribution < -0.4 is 4.74 Å². The summed E-state index contributed by atoms with van der Waals surface area (Å²) in [6, 6.07) is 5.54. The first kappa shape index (κ1) is 16.2. The van der Waals surface area contributed by atoms with Crippen LogP contribution in [0.4, 0.5) is 4.39 Å². The zero-order valence-electron chi connectivity index (χ0n) is 13.1. The molecule has 21 heavy (non-hydrogen) atoms. The monoisotopic (exact) mass is 296 g/mol. The number of nitrogens with zero attached hydrogens (tertiary/aromatic N) is 2. The average molecular weight is 296 g/mol. The molecule has 1 aliphatic rings. The van der Waals surface area contributed by atoms with Gasteiger partial charge in [0.25, 0.3) is 0 Å². The summed E-state index contributed by atoms with van der Waals surface area (Å²) in [5, 5.41) is 9.49. The SMILES string of the molecule is COc1ccc(CN2CCN(C[C@H](C)O)[C@@H](C)C2)cc1F. The Morgan fingerprint density at radius 2 is 2.19 bits per heavy atom. The van der Waals surface area contributed by atoms with Crippen LogP contribution in [0.2, 0.25) is 0 Å². The fourth-order valence-electron chi connectivity index (χ4n) is 2.89. The number of aliphatic hydroxyl groups excluding tert-OH is 1. The number of hydrogen-bond donors (Lipinski definition) is 1. The predicted octanol–water partition coefficient (Wildman–Crippen LogP) is 1.72. The van der Waals surface area contributed by atoms with Gasteiger partial charge in [0.05, 0.1) is 13.2 Å². The van der Waals surface area contributed by atoms with Crippen LogP contribution in [0.3, 0.4) is 0 Å². The second kappa shape index (κ2) is 7.20. The van der Waals surface area contributed by atoms with Gasteiger partial charge in [-0.3, -0.25) is 9.80 Å². The molecule has 4 nitrogen and oxygen atoms in total. The van der Waals surface area contributed by atoms with E-state index in [1.165, 1.54) is 7.11 Å². The highest BCUT2D eigenvalue weighted by atomic mass is 19.1. The molecule has 0 bridgehead atoms. The minimum atomic E-state index is -0.309. The van der Waals surface area contributed by atoms with Crippen molar-refractivity contribution in [3.05, 3.63) is 29.6 Å². The molecule has 5 heteroatoms. The zero-order valence-corrected chi connectivity index (χ0v) is 13.1. The summed E-state index contributed by atoms with van der Waals surface area (Å²) in [5.41, 5.74) is 0.962. The minimum absolute atomic E-state index is 0.286. The number of β-amino-alcohol motifs (C(OH)–C–C–N with tert-alkyl or cyclic N) is 1. The van der Waals surface area contributed by atoms with E-state index in [1.807, 2.05) is 13.0 Å². The molecule has 118 valence electrons. The Hall–Kier alpha value is -1.17. The molecule has 0 spiro atoms. The van der Waals surface area contributed by atoms with Gasteiger partial charge in [0, 0.05) is 38.8 Å². The number of piperazine rings is 1. The van der Waals surface area contributed by atoms with Crippen molar-refractivity contribution in [2.75, 3.05) is 33.3 Å². The highest BCUT2D eigenvalue weighted by Crippen LogP contribution is 2.20. The lowest BCUT2D eigenvalue weighted by molar-refractivity contribution is 0.0422. The van der Waals surface area contributed by atoms with Crippen LogP contribution in [0.5, 0.6) is 5.75 Å². The largest absolute Gasteiger partial charge is 0.494 e. The van der Waals surface area contributed by atoms with Crippen LogP contribution in [0.1, 0.15) is 19.4 Å². The van der Waals surface area contributed by atoms with Gasteiger partial charge in [-0.15, -0.1) is 0 Å². The molecule has 1 aromatic rings. The smallest absolute Gasteiger partial charge is 0.165 e. The molecule has 0 saturated carbocycles. The fourth-order valence-corrected chi connectivity index (χ4v) is 2.89. The van der Waals surface area contributed by atoms with Crippen LogP contribution >= 0.6 is 0 Å². The van der Waals surface area contributed by atoms with Crippen LogP contribution in [-0.4, -0.2) is 60.3 Å². The fraction of sp³-hybridized carbons (Fsp3) is 0.625. The Balaban J connectivity index is 1.92. The van der Waals surface area contributed by atoms with Gasteiger partial charge in [-0.25, -0.2) is 4.39 Å². The molecule has 1 aromatic carbocycles. The molecule has 1 aliphatic heterocycles. The van der Waals surface area contributed by atoms with Crippen molar-refractivity contribution < 1.29 is 14.2 Å². The maximum Gasteiger partial charge on any atom is 0.165 e. The van der Waals surface area contributed by atoms with E-state index in [0.717, 1.165) is 31.7 Å². The molecular formula is C16H25FN2O2. The van der Waals surface area contributed by atoms with E-state index in [-0.39, 0.29) is 17.7 Å². The van der Waals surface area contributed by atoms with Gasteiger partial charge < -0.3 is 9.84 Å². The third-order valence-corrected chi connectivity index (χ3v) is 3.97. The second-order valence-corrected chi connectivity index (χ2v) is 5.90. The van der Waals surface area contributed by atoms with Crippen LogP contribution in [0.25, 0.3) is 0 Å². The van der Waals surface area contributed by atoms with Crippen molar-refractivity contribution in [3.8, 4) is 5.75 Å². The zero-order chi connectivity index (χ0) is 15.4. The molecular weight excluding hydrogens is 271 g/mol. The summed E-state index contributed by atoms with van der Waals surface area (Å²) in [4.78, 5) is 4.63. The summed E-state index contributed by atoms with van der Waals surface area (Å²) in [5.74, 6) is -0.0235. The van der Waals surface area contributed by atoms with E-state index in [4.69, 9.17) is 4.74 Å². The lowest BCUT2D eigenvalue weighted by Crippen LogP contribution is -2.53. The van der Waals surface area contributed by atoms with Crippen molar-refractivity contribution >= 4 is 0 Å². The van der Waals surface area contributed by atoms with E-state index in [9.17, 15) is 9.50 Å². The number of rotatable bonds is 5. The van der Waals surface area contributed by atoms with Gasteiger partial charge >= 0.3 is 0 Å². The molecule has 0 aliphatic carbocycles. The number of halogens is 1. The number of benzene rings is 1. The van der Waals surface area contributed by atoms with Gasteiger partial charge in [-0.05, 0) is 31.5 Å². The lowest BCUT2D eigenvalue weighted by Gasteiger charge is -2.40. The van der Waals surface area contributed by atoms with Crippen LogP contribution in [0.15, 0.2) is 18.2 Å². The van der Waals surface area contributed by atoms with Crippen molar-refractivity contribution in [1.82, 2.24) is 9.80 Å². The summed E-state index contributed by atoms with van der Waals surface area (Å²) in [7, 11) is 1.47. The Labute approximate surface area is 126 Å². The molecule has 1 heterocycles. The predicted molar refractivity (Wildman–Crippen MR) is 80.9 cm³/mol. The van der Waals surface area contributed by atoms with Crippen LogP contribution in [0, 0.1) is 5.82 Å². The molecule has 1 saturated heterocycles. The molecule has 2 rings (SSSR count). The van der Waals surface area contributed by atoms with Gasteiger partial charge in [0.2, 0.25) is 0 Å². The topological polar surface area (TPSA) is 35.9 Å². The standard InChI is InChI=1S/C16H25FN2O2/c1-12-9-18(6-7-19(12)10-13(2)20)11-14-4-5-16(21-3)15(17)8-14/h4-5,8,12-13,20H,6-7,9-11H2,1-3H3/t12-,13-/m0/s1. The summed E-state index contributed by atoms with van der Waals surface area (Å²) < 4.78 is 18.6. The molecule has 0 amide bonds. The molecule has 1 fully saturated rings. The minimum Gasteiger partial charge on any atom is -0.494 e. The van der Waals surface area contributed by atoms with Gasteiger partial charge in [0.1, 0.15) is 0 Å². The van der Waals surface area contributed by atoms with E-state index in [0.29, 0.717) is 12.6 Å². The first-order valence-corrected chi connectivity index (χ1v) is 7.46. The Morgan fingerprint density at radius 1 is 1.43 bits per heavy atom. The van der Waals surface area contributed by atoms with E-state index < -0.39 is 0 Å². The number of methoxy groups -OCH3 is 1. The summed E-state index contributed by atoms with van der Waals surface area (Å²) in [6.45, 7) is 8.25. The lowest BCUT2D eigenvalue weighted by atomic mass is 10.1. The van der Waals surface area contributed by atoms with Crippen LogP contribution in [-0.2, 0) is 6.54 Å². The van der Waals surface area contributed by atoms with Crippen molar-refractivity contribution in [1.29, 1.82) is 0 Å². The van der Waals surface area contributed by atoms with Gasteiger partial charge in [-0.1, -0.05) is 6.07 Å². The average Bonchev–Trinajstić information content (AvgIpc) is 2.42. The molecule has 0 unspecified atom stereocenters. The number of ether oxygens (including phenoxy) is 1. The van der Waals surface area contributed by atoms with E-state index >= 15 is 0 Å². The van der Waals surface area contributed by atoms with E-state index in [1.54, 1.807) is 12.1 Å². The number of hydrogen-bond acceptors (Lipinski definition) is 4. The molecule has 0 aromatic heterocycles. The third kappa shape index (κ3) is 4.40. The second-order valence-electron chi connectivity index (χ2n) is 5.90. The first-order valence-electron chi connectivity index (χ1n) is 7.46. The highest BCUT2D eigenvalue weighted by Gasteiger charge is 2.24. The van der Waals surface area contributed by atoms with Crippen molar-refractivity contribution in [2.24, 2.45) is 0 Å². The Morgan fingerprint density at radius 3 is 2.76 bits per heavy atom. The summed E-state index contributed by atoms with van der Waals surface area (Å²) >= 11 is 0. The number of aliphatic hydroxyl groups is 1. The molecule has 0 radical (unpaired) electrons. The quantitative estimate of drug-likeness (QED) is 0.897. The third-order valence-electron chi connectivity index (χ3n) is 3.97. The maximum atomic E-state index is 13.7. The molecule has 2 atom stereocenters. The highest BCUT2D eigenvalue weighted by molar-refractivity contribution is 5.29. The normalized spacial score (nSPS) is 22.2. The van der Waals surface area contributed by atoms with Gasteiger partial charge in [0.15, 0.2) is 11.6 Å². The van der Waals surface area contributed by atoms with Crippen molar-refractivity contribution in [2.45, 2.75) is 32.5 Å². The maximum absolute atomic E-state index is 13.7.